The summed E-state index contributed by atoms with van der Waals surface area (Å²) < 4.78 is 9.43. The molecule has 2 aromatic heterocycles. The number of aryl methyl sites for hydroxylation is 1. The molecule has 0 radical (unpaired) electrons. The number of fused-ring (bicyclic) bond motifs is 1. The first kappa shape index (κ1) is 21.8. The number of imidazole rings is 1. The summed E-state index contributed by atoms with van der Waals surface area (Å²) in [7, 11) is 2.90. The van der Waals surface area contributed by atoms with E-state index in [0.717, 1.165) is 21.4 Å². The van der Waals surface area contributed by atoms with Gasteiger partial charge in [-0.1, -0.05) is 30.3 Å². The van der Waals surface area contributed by atoms with Gasteiger partial charge in [0.1, 0.15) is 24.5 Å². The molecule has 0 aliphatic heterocycles. The van der Waals surface area contributed by atoms with Crippen molar-refractivity contribution in [3.63, 3.8) is 0 Å². The lowest BCUT2D eigenvalue weighted by Crippen LogP contribution is -2.37. The summed E-state index contributed by atoms with van der Waals surface area (Å²) in [5.41, 5.74) is 3.67. The third-order valence-electron chi connectivity index (χ3n) is 5.05. The van der Waals surface area contributed by atoms with Crippen LogP contribution in [0.3, 0.4) is 0 Å². The SMILES string of the molecule is Cn1c(=O)c2ncn(CC(=O)NN=Cc3ccc(OCc4ccccc4)cc3)c2n(C)c1=O. The van der Waals surface area contributed by atoms with Gasteiger partial charge in [0.25, 0.3) is 11.5 Å². The van der Waals surface area contributed by atoms with Crippen LogP contribution in [0.25, 0.3) is 11.2 Å². The van der Waals surface area contributed by atoms with Crippen molar-refractivity contribution in [2.45, 2.75) is 13.2 Å². The number of hydrogen-bond donors (Lipinski definition) is 1. The maximum Gasteiger partial charge on any atom is 0.332 e. The first-order valence-corrected chi connectivity index (χ1v) is 10.1. The molecule has 0 aliphatic carbocycles. The van der Waals surface area contributed by atoms with Gasteiger partial charge in [-0.15, -0.1) is 0 Å². The van der Waals surface area contributed by atoms with Crippen LogP contribution in [0.4, 0.5) is 0 Å². The minimum Gasteiger partial charge on any atom is -0.489 e. The minimum absolute atomic E-state index is 0.116. The molecule has 10 heteroatoms. The number of nitrogens with one attached hydrogen (secondary N) is 1. The van der Waals surface area contributed by atoms with Crippen LogP contribution in [0.5, 0.6) is 5.75 Å². The predicted octanol–water partition coefficient (Wildman–Crippen LogP) is 1.16. The van der Waals surface area contributed by atoms with Crippen LogP contribution in [0, 0.1) is 0 Å². The first-order valence-electron chi connectivity index (χ1n) is 10.1. The largest absolute Gasteiger partial charge is 0.489 e. The molecule has 4 rings (SSSR count). The number of nitrogens with zero attached hydrogens (tertiary/aromatic N) is 5. The van der Waals surface area contributed by atoms with Crippen molar-refractivity contribution in [3.8, 4) is 5.75 Å². The Kier molecular flexibility index (Phi) is 6.16. The molecule has 0 bridgehead atoms. The highest BCUT2D eigenvalue weighted by molar-refractivity contribution is 5.83. The lowest BCUT2D eigenvalue weighted by Gasteiger charge is -2.08. The number of rotatable bonds is 7. The molecule has 10 nitrogen and oxygen atoms in total. The number of hydrazone groups is 1. The van der Waals surface area contributed by atoms with Gasteiger partial charge in [-0.3, -0.25) is 18.7 Å². The standard InChI is InChI=1S/C23H22N6O4/c1-27-21-20(22(31)28(2)23(27)32)24-15-29(21)13-19(30)26-25-12-16-8-10-18(11-9-16)33-14-17-6-4-3-5-7-17/h3-12,15H,13-14H2,1-2H3,(H,26,30). The van der Waals surface area contributed by atoms with E-state index in [1.165, 1.54) is 35.8 Å². The van der Waals surface area contributed by atoms with Gasteiger partial charge in [0, 0.05) is 14.1 Å². The smallest absolute Gasteiger partial charge is 0.332 e. The van der Waals surface area contributed by atoms with Crippen LogP contribution in [-0.2, 0) is 32.0 Å². The molecule has 0 spiro atoms. The quantitative estimate of drug-likeness (QED) is 0.338. The third kappa shape index (κ3) is 4.74. The summed E-state index contributed by atoms with van der Waals surface area (Å²) >= 11 is 0. The van der Waals surface area contributed by atoms with E-state index < -0.39 is 17.2 Å². The van der Waals surface area contributed by atoms with E-state index in [9.17, 15) is 14.4 Å². The molecule has 0 fully saturated rings. The molecule has 2 heterocycles. The van der Waals surface area contributed by atoms with E-state index in [2.05, 4.69) is 15.5 Å². The van der Waals surface area contributed by atoms with Crippen molar-refractivity contribution < 1.29 is 9.53 Å². The second-order valence-corrected chi connectivity index (χ2v) is 7.39. The van der Waals surface area contributed by atoms with Gasteiger partial charge in [0.15, 0.2) is 5.52 Å². The summed E-state index contributed by atoms with van der Waals surface area (Å²) in [6.45, 7) is 0.325. The Bertz CT molecular complexity index is 1430. The van der Waals surface area contributed by atoms with Crippen LogP contribution in [0.1, 0.15) is 11.1 Å². The molecule has 4 aromatic rings. The highest BCUT2D eigenvalue weighted by atomic mass is 16.5. The maximum atomic E-state index is 12.3. The fourth-order valence-corrected chi connectivity index (χ4v) is 3.32. The average Bonchev–Trinajstić information content (AvgIpc) is 3.25. The van der Waals surface area contributed by atoms with E-state index in [-0.39, 0.29) is 17.7 Å². The number of carbonyl (C=O) groups is 1. The molecule has 33 heavy (non-hydrogen) atoms. The number of benzene rings is 2. The van der Waals surface area contributed by atoms with Crippen molar-refractivity contribution in [1.29, 1.82) is 0 Å². The number of aromatic nitrogens is 4. The molecule has 2 aromatic carbocycles. The highest BCUT2D eigenvalue weighted by Gasteiger charge is 2.15. The van der Waals surface area contributed by atoms with Gasteiger partial charge >= 0.3 is 5.69 Å². The van der Waals surface area contributed by atoms with Gasteiger partial charge in [0.2, 0.25) is 0 Å². The fourth-order valence-electron chi connectivity index (χ4n) is 3.32. The Hall–Kier alpha value is -4.47. The third-order valence-corrected chi connectivity index (χ3v) is 5.05. The Morgan fingerprint density at radius 1 is 1.06 bits per heavy atom. The van der Waals surface area contributed by atoms with Gasteiger partial charge in [-0.2, -0.15) is 5.10 Å². The number of ether oxygens (including phenoxy) is 1. The van der Waals surface area contributed by atoms with E-state index in [4.69, 9.17) is 4.74 Å². The topological polar surface area (TPSA) is 113 Å². The second-order valence-electron chi connectivity index (χ2n) is 7.39. The molecule has 0 unspecified atom stereocenters. The number of carbonyl (C=O) groups excluding carboxylic acids is 1. The first-order chi connectivity index (χ1) is 15.9. The van der Waals surface area contributed by atoms with E-state index in [1.54, 1.807) is 0 Å². The second kappa shape index (κ2) is 9.35. The van der Waals surface area contributed by atoms with Crippen LogP contribution >= 0.6 is 0 Å². The molecule has 168 valence electrons. The molecule has 0 saturated carbocycles. The highest BCUT2D eigenvalue weighted by Crippen LogP contribution is 2.13. The fraction of sp³-hybridized carbons (Fsp3) is 0.174. The van der Waals surface area contributed by atoms with Crippen molar-refractivity contribution in [2.24, 2.45) is 19.2 Å². The summed E-state index contributed by atoms with van der Waals surface area (Å²) in [4.78, 5) is 40.7. The van der Waals surface area contributed by atoms with Gasteiger partial charge in [-0.25, -0.2) is 15.2 Å². The number of amides is 1. The summed E-state index contributed by atoms with van der Waals surface area (Å²) in [5.74, 6) is 0.297. The normalized spacial score (nSPS) is 11.2. The Labute approximate surface area is 188 Å². The Morgan fingerprint density at radius 2 is 1.79 bits per heavy atom. The van der Waals surface area contributed by atoms with Gasteiger partial charge in [-0.05, 0) is 35.4 Å². The summed E-state index contributed by atoms with van der Waals surface area (Å²) in [6.07, 6.45) is 2.86. The van der Waals surface area contributed by atoms with Crippen molar-refractivity contribution >= 4 is 23.3 Å². The molecular formula is C23H22N6O4. The van der Waals surface area contributed by atoms with E-state index in [1.807, 2.05) is 54.6 Å². The molecule has 1 N–H and O–H groups in total. The zero-order chi connectivity index (χ0) is 23.4. The lowest BCUT2D eigenvalue weighted by atomic mass is 10.2. The number of hydrogen-bond acceptors (Lipinski definition) is 6. The monoisotopic (exact) mass is 446 g/mol. The van der Waals surface area contributed by atoms with Crippen molar-refractivity contribution in [3.05, 3.63) is 92.9 Å². The van der Waals surface area contributed by atoms with Crippen molar-refractivity contribution in [1.82, 2.24) is 24.1 Å². The van der Waals surface area contributed by atoms with Gasteiger partial charge in [0.05, 0.1) is 12.5 Å². The summed E-state index contributed by atoms with van der Waals surface area (Å²) in [6, 6.07) is 17.2. The zero-order valence-electron chi connectivity index (χ0n) is 18.1. The summed E-state index contributed by atoms with van der Waals surface area (Å²) in [5, 5.41) is 3.96. The van der Waals surface area contributed by atoms with E-state index in [0.29, 0.717) is 6.61 Å². The zero-order valence-corrected chi connectivity index (χ0v) is 18.1. The minimum atomic E-state index is -0.513. The van der Waals surface area contributed by atoms with Crippen LogP contribution in [0.2, 0.25) is 0 Å². The predicted molar refractivity (Wildman–Crippen MR) is 123 cm³/mol. The Morgan fingerprint density at radius 3 is 2.52 bits per heavy atom. The molecule has 0 atom stereocenters. The van der Waals surface area contributed by atoms with Gasteiger partial charge < -0.3 is 9.30 Å². The van der Waals surface area contributed by atoms with Crippen LogP contribution in [0.15, 0.2) is 75.6 Å². The molecular weight excluding hydrogens is 424 g/mol. The van der Waals surface area contributed by atoms with Crippen LogP contribution < -0.4 is 21.4 Å². The lowest BCUT2D eigenvalue weighted by molar-refractivity contribution is -0.121. The maximum absolute atomic E-state index is 12.3. The molecule has 0 saturated heterocycles. The average molecular weight is 446 g/mol. The van der Waals surface area contributed by atoms with Crippen molar-refractivity contribution in [2.75, 3.05) is 0 Å². The molecule has 1 amide bonds. The molecule has 0 aliphatic rings. The Balaban J connectivity index is 1.36. The van der Waals surface area contributed by atoms with E-state index >= 15 is 0 Å². The van der Waals surface area contributed by atoms with Crippen LogP contribution in [-0.4, -0.2) is 30.8 Å².